The van der Waals surface area contributed by atoms with Crippen LogP contribution in [0.15, 0.2) is 24.3 Å². The van der Waals surface area contributed by atoms with Crippen LogP contribution in [0.4, 0.5) is 0 Å². The number of rotatable bonds is 14. The van der Waals surface area contributed by atoms with Gasteiger partial charge in [0.15, 0.2) is 5.78 Å². The largest absolute Gasteiger partial charge is 0.488 e. The molecule has 0 spiro atoms. The second-order valence-corrected chi connectivity index (χ2v) is 9.47. The normalized spacial score (nSPS) is 15.0. The SMILES string of the molecule is CC(CCCC(C)C(=O)ON1C(=O)CCC1=O)C(=O)OCCSCC(=O)c1ccc(B(O)O)cc1. The van der Waals surface area contributed by atoms with E-state index in [-0.39, 0.29) is 42.9 Å². The number of nitrogens with zero attached hydrogens (tertiary/aromatic N) is 1. The van der Waals surface area contributed by atoms with Crippen molar-refractivity contribution < 1.29 is 43.6 Å². The number of esters is 1. The zero-order valence-corrected chi connectivity index (χ0v) is 20.6. The van der Waals surface area contributed by atoms with Gasteiger partial charge >= 0.3 is 19.1 Å². The van der Waals surface area contributed by atoms with Crippen molar-refractivity contribution in [2.24, 2.45) is 11.8 Å². The van der Waals surface area contributed by atoms with E-state index in [2.05, 4.69) is 0 Å². The van der Waals surface area contributed by atoms with E-state index in [0.717, 1.165) is 0 Å². The molecule has 1 saturated heterocycles. The van der Waals surface area contributed by atoms with Gasteiger partial charge in [-0.25, -0.2) is 4.79 Å². The zero-order valence-electron chi connectivity index (χ0n) is 19.8. The number of carbonyl (C=O) groups excluding carboxylic acids is 5. The lowest BCUT2D eigenvalue weighted by atomic mass is 9.80. The molecule has 1 aromatic carbocycles. The van der Waals surface area contributed by atoms with E-state index in [1.165, 1.54) is 36.0 Å². The molecular formula is C23H30BNO9S. The Morgan fingerprint density at radius 2 is 1.57 bits per heavy atom. The zero-order chi connectivity index (χ0) is 26.0. The molecule has 2 unspecified atom stereocenters. The summed E-state index contributed by atoms with van der Waals surface area (Å²) in [6.45, 7) is 3.53. The first-order chi connectivity index (χ1) is 16.6. The monoisotopic (exact) mass is 507 g/mol. The predicted molar refractivity (Wildman–Crippen MR) is 128 cm³/mol. The van der Waals surface area contributed by atoms with E-state index >= 15 is 0 Å². The molecule has 2 atom stereocenters. The fraction of sp³-hybridized carbons (Fsp3) is 0.522. The lowest BCUT2D eigenvalue weighted by Crippen LogP contribution is -2.34. The molecule has 0 aliphatic carbocycles. The fourth-order valence-electron chi connectivity index (χ4n) is 3.24. The Bertz CT molecular complexity index is 906. The number of carbonyl (C=O) groups is 5. The number of thioether (sulfide) groups is 1. The first-order valence-corrected chi connectivity index (χ1v) is 12.6. The van der Waals surface area contributed by atoms with Crippen molar-refractivity contribution in [3.63, 3.8) is 0 Å². The Morgan fingerprint density at radius 1 is 1.00 bits per heavy atom. The molecule has 35 heavy (non-hydrogen) atoms. The summed E-state index contributed by atoms with van der Waals surface area (Å²) in [4.78, 5) is 64.3. The first-order valence-electron chi connectivity index (χ1n) is 11.4. The maximum atomic E-state index is 12.2. The van der Waals surface area contributed by atoms with Crippen LogP contribution >= 0.6 is 11.8 Å². The van der Waals surface area contributed by atoms with Gasteiger partial charge in [0, 0.05) is 24.2 Å². The molecule has 1 heterocycles. The first kappa shape index (κ1) is 28.5. The fourth-order valence-corrected chi connectivity index (χ4v) is 3.93. The summed E-state index contributed by atoms with van der Waals surface area (Å²) in [6, 6.07) is 6.02. The van der Waals surface area contributed by atoms with Crippen LogP contribution in [0.3, 0.4) is 0 Å². The average Bonchev–Trinajstić information content (AvgIpc) is 3.15. The van der Waals surface area contributed by atoms with Crippen molar-refractivity contribution in [2.45, 2.75) is 46.0 Å². The highest BCUT2D eigenvalue weighted by Gasteiger charge is 2.34. The van der Waals surface area contributed by atoms with E-state index in [1.54, 1.807) is 13.8 Å². The molecule has 190 valence electrons. The van der Waals surface area contributed by atoms with Gasteiger partial charge in [0.05, 0.1) is 17.6 Å². The van der Waals surface area contributed by atoms with Gasteiger partial charge in [0.1, 0.15) is 6.61 Å². The smallest absolute Gasteiger partial charge is 0.465 e. The summed E-state index contributed by atoms with van der Waals surface area (Å²) < 4.78 is 5.25. The summed E-state index contributed by atoms with van der Waals surface area (Å²) >= 11 is 1.33. The topological polar surface area (TPSA) is 148 Å². The van der Waals surface area contributed by atoms with Gasteiger partial charge in [-0.1, -0.05) is 44.5 Å². The lowest BCUT2D eigenvalue weighted by Gasteiger charge is -2.17. The molecular weight excluding hydrogens is 477 g/mol. The summed E-state index contributed by atoms with van der Waals surface area (Å²) in [5.41, 5.74) is 0.768. The standard InChI is InChI=1S/C23H30BNO9S/c1-15(4-3-5-16(2)23(30)34-25-20(27)10-11-21(25)28)22(29)33-12-13-35-14-19(26)17-6-8-18(9-7-17)24(31)32/h6-9,15-16,31-32H,3-5,10-14H2,1-2H3. The number of amides is 2. The number of ketones is 1. The van der Waals surface area contributed by atoms with E-state index in [1.807, 2.05) is 0 Å². The number of hydrogen-bond acceptors (Lipinski definition) is 10. The Kier molecular flexibility index (Phi) is 11.4. The lowest BCUT2D eigenvalue weighted by molar-refractivity contribution is -0.200. The van der Waals surface area contributed by atoms with Crippen LogP contribution < -0.4 is 5.46 Å². The Balaban J connectivity index is 1.58. The summed E-state index contributed by atoms with van der Waals surface area (Å²) in [7, 11) is -1.58. The third kappa shape index (κ3) is 9.12. The van der Waals surface area contributed by atoms with E-state index in [4.69, 9.17) is 19.6 Å². The second kappa shape index (κ2) is 14.0. The number of ether oxygens (including phenoxy) is 1. The van der Waals surface area contributed by atoms with Crippen molar-refractivity contribution in [1.29, 1.82) is 0 Å². The van der Waals surface area contributed by atoms with Crippen LogP contribution in [0.25, 0.3) is 0 Å². The van der Waals surface area contributed by atoms with Crippen molar-refractivity contribution >= 4 is 53.9 Å². The molecule has 2 N–H and O–H groups in total. The maximum absolute atomic E-state index is 12.2. The number of hydrogen-bond donors (Lipinski definition) is 2. The van der Waals surface area contributed by atoms with Gasteiger partial charge in [0.2, 0.25) is 0 Å². The average molecular weight is 507 g/mol. The van der Waals surface area contributed by atoms with Crippen LogP contribution in [0.1, 0.15) is 56.3 Å². The van der Waals surface area contributed by atoms with Gasteiger partial charge < -0.3 is 19.6 Å². The van der Waals surface area contributed by atoms with Crippen LogP contribution in [-0.2, 0) is 28.8 Å². The Labute approximate surface area is 208 Å². The minimum absolute atomic E-state index is 0.0416. The minimum atomic E-state index is -1.58. The van der Waals surface area contributed by atoms with Crippen molar-refractivity contribution in [1.82, 2.24) is 5.06 Å². The molecule has 1 aliphatic rings. The third-order valence-corrected chi connectivity index (χ3v) is 6.42. The molecule has 0 radical (unpaired) electrons. The maximum Gasteiger partial charge on any atom is 0.488 e. The highest BCUT2D eigenvalue weighted by Crippen LogP contribution is 2.18. The van der Waals surface area contributed by atoms with Crippen molar-refractivity contribution in [2.75, 3.05) is 18.1 Å². The minimum Gasteiger partial charge on any atom is -0.465 e. The van der Waals surface area contributed by atoms with Crippen LogP contribution in [0, 0.1) is 11.8 Å². The van der Waals surface area contributed by atoms with Crippen molar-refractivity contribution in [3.8, 4) is 0 Å². The molecule has 0 bridgehead atoms. The number of hydroxylamine groups is 2. The number of Topliss-reactive ketones (excluding diaryl/α,β-unsaturated/α-hetero) is 1. The van der Waals surface area contributed by atoms with Gasteiger partial charge in [-0.3, -0.25) is 19.2 Å². The Morgan fingerprint density at radius 3 is 2.14 bits per heavy atom. The second-order valence-electron chi connectivity index (χ2n) is 8.36. The molecule has 2 rings (SSSR count). The number of benzene rings is 1. The van der Waals surface area contributed by atoms with Crippen LogP contribution in [-0.4, -0.2) is 69.9 Å². The Hall–Kier alpha value is -2.70. The molecule has 0 aromatic heterocycles. The molecule has 10 nitrogen and oxygen atoms in total. The van der Waals surface area contributed by atoms with Crippen LogP contribution in [0.2, 0.25) is 0 Å². The highest BCUT2D eigenvalue weighted by atomic mass is 32.2. The molecule has 2 amide bonds. The number of imide groups is 1. The summed E-state index contributed by atoms with van der Waals surface area (Å²) in [6.07, 6.45) is 1.58. The van der Waals surface area contributed by atoms with E-state index in [0.29, 0.717) is 41.1 Å². The van der Waals surface area contributed by atoms with E-state index in [9.17, 15) is 24.0 Å². The van der Waals surface area contributed by atoms with Gasteiger partial charge in [0.25, 0.3) is 11.8 Å². The highest BCUT2D eigenvalue weighted by molar-refractivity contribution is 8.00. The van der Waals surface area contributed by atoms with Gasteiger partial charge in [-0.05, 0) is 18.3 Å². The molecule has 1 fully saturated rings. The third-order valence-electron chi connectivity index (χ3n) is 5.50. The molecule has 1 aliphatic heterocycles. The van der Waals surface area contributed by atoms with Gasteiger partial charge in [-0.15, -0.1) is 5.06 Å². The quantitative estimate of drug-likeness (QED) is 0.122. The molecule has 1 aromatic rings. The molecule has 12 heteroatoms. The van der Waals surface area contributed by atoms with Crippen LogP contribution in [0.5, 0.6) is 0 Å². The van der Waals surface area contributed by atoms with Gasteiger partial charge in [-0.2, -0.15) is 11.8 Å². The predicted octanol–water partition coefficient (Wildman–Crippen LogP) is 0.875. The summed E-state index contributed by atoms with van der Waals surface area (Å²) in [5.74, 6) is -2.41. The van der Waals surface area contributed by atoms with E-state index < -0.39 is 30.8 Å². The molecule has 0 saturated carbocycles. The van der Waals surface area contributed by atoms with Crippen molar-refractivity contribution in [3.05, 3.63) is 29.8 Å². The summed E-state index contributed by atoms with van der Waals surface area (Å²) in [5, 5.41) is 18.7.